The van der Waals surface area contributed by atoms with E-state index in [-0.39, 0.29) is 24.0 Å². The molecule has 0 saturated carbocycles. The van der Waals surface area contributed by atoms with Crippen LogP contribution in [0.3, 0.4) is 0 Å². The molecule has 0 aromatic heterocycles. The van der Waals surface area contributed by atoms with Crippen LogP contribution in [0.1, 0.15) is 40.0 Å². The lowest BCUT2D eigenvalue weighted by molar-refractivity contribution is 0.292. The topological polar surface area (TPSA) is 48.9 Å². The number of ether oxygens (including phenoxy) is 1. The zero-order chi connectivity index (χ0) is 18.3. The highest BCUT2D eigenvalue weighted by atomic mass is 127. The number of guanidine groups is 1. The molecule has 0 aliphatic rings. The summed E-state index contributed by atoms with van der Waals surface area (Å²) in [4.78, 5) is 6.77. The molecule has 1 aromatic carbocycles. The molecule has 0 aliphatic carbocycles. The van der Waals surface area contributed by atoms with Gasteiger partial charge in [-0.1, -0.05) is 32.0 Å². The molecule has 0 spiro atoms. The first-order valence-corrected chi connectivity index (χ1v) is 9.57. The summed E-state index contributed by atoms with van der Waals surface area (Å²) >= 11 is 0. The molecule has 0 saturated heterocycles. The van der Waals surface area contributed by atoms with Crippen molar-refractivity contribution in [2.75, 3.05) is 39.8 Å². The average molecular weight is 476 g/mol. The van der Waals surface area contributed by atoms with Gasteiger partial charge in [0.2, 0.25) is 0 Å². The second-order valence-corrected chi connectivity index (χ2v) is 6.23. The van der Waals surface area contributed by atoms with E-state index in [0.717, 1.165) is 44.2 Å². The van der Waals surface area contributed by atoms with Crippen LogP contribution in [0, 0.1) is 0 Å². The molecule has 0 fully saturated rings. The third-order valence-corrected chi connectivity index (χ3v) is 4.24. The summed E-state index contributed by atoms with van der Waals surface area (Å²) in [6.07, 6.45) is 3.29. The summed E-state index contributed by atoms with van der Waals surface area (Å²) in [5, 5.41) is 6.82. The van der Waals surface area contributed by atoms with Gasteiger partial charge in [0.15, 0.2) is 5.96 Å². The average Bonchev–Trinajstić information content (AvgIpc) is 2.65. The summed E-state index contributed by atoms with van der Waals surface area (Å²) in [5.74, 6) is 1.79. The van der Waals surface area contributed by atoms with Crippen LogP contribution in [-0.4, -0.2) is 56.7 Å². The highest BCUT2D eigenvalue weighted by Crippen LogP contribution is 2.08. The SMILES string of the molecule is CCN(CC)CCCC(C)NC(=NC)NCCCOc1ccccc1.I. The first kappa shape index (κ1) is 25.0. The number of para-hydroxylation sites is 1. The highest BCUT2D eigenvalue weighted by Gasteiger charge is 2.06. The van der Waals surface area contributed by atoms with Gasteiger partial charge in [0, 0.05) is 19.6 Å². The third-order valence-electron chi connectivity index (χ3n) is 4.24. The minimum absolute atomic E-state index is 0. The Morgan fingerprint density at radius 1 is 1.15 bits per heavy atom. The van der Waals surface area contributed by atoms with Crippen molar-refractivity contribution in [3.05, 3.63) is 30.3 Å². The Labute approximate surface area is 177 Å². The van der Waals surface area contributed by atoms with Crippen LogP contribution >= 0.6 is 24.0 Å². The Hall–Kier alpha value is -1.02. The van der Waals surface area contributed by atoms with Crippen LogP contribution in [0.5, 0.6) is 5.75 Å². The number of aliphatic imine (C=N–C) groups is 1. The molecule has 2 N–H and O–H groups in total. The summed E-state index contributed by atoms with van der Waals surface area (Å²) in [7, 11) is 1.82. The second-order valence-electron chi connectivity index (χ2n) is 6.23. The Kier molecular flexibility index (Phi) is 15.5. The Morgan fingerprint density at radius 2 is 1.85 bits per heavy atom. The van der Waals surface area contributed by atoms with E-state index < -0.39 is 0 Å². The van der Waals surface area contributed by atoms with Gasteiger partial charge in [0.1, 0.15) is 5.75 Å². The standard InChI is InChI=1S/C20H36N4O.HI/c1-5-24(6-2)16-10-12-18(3)23-20(21-4)22-15-11-17-25-19-13-8-7-9-14-19;/h7-9,13-14,18H,5-6,10-12,15-17H2,1-4H3,(H2,21,22,23);1H. The molecule has 0 aliphatic heterocycles. The van der Waals surface area contributed by atoms with Crippen LogP contribution in [0.4, 0.5) is 0 Å². The fraction of sp³-hybridized carbons (Fsp3) is 0.650. The number of hydrogen-bond acceptors (Lipinski definition) is 3. The van der Waals surface area contributed by atoms with Crippen molar-refractivity contribution in [3.8, 4) is 5.75 Å². The van der Waals surface area contributed by atoms with Gasteiger partial charge in [-0.25, -0.2) is 0 Å². The molecule has 1 atom stereocenters. The summed E-state index contributed by atoms with van der Waals surface area (Å²) < 4.78 is 5.69. The molecule has 1 aromatic rings. The lowest BCUT2D eigenvalue weighted by Gasteiger charge is -2.21. The number of halogens is 1. The maximum atomic E-state index is 5.69. The lowest BCUT2D eigenvalue weighted by Crippen LogP contribution is -2.43. The maximum absolute atomic E-state index is 5.69. The van der Waals surface area contributed by atoms with Crippen LogP contribution < -0.4 is 15.4 Å². The van der Waals surface area contributed by atoms with Crippen molar-refractivity contribution in [1.29, 1.82) is 0 Å². The Morgan fingerprint density at radius 3 is 2.46 bits per heavy atom. The number of benzene rings is 1. The molecule has 0 bridgehead atoms. The molecule has 0 amide bonds. The quantitative estimate of drug-likeness (QED) is 0.209. The van der Waals surface area contributed by atoms with Crippen molar-refractivity contribution in [3.63, 3.8) is 0 Å². The number of nitrogens with zero attached hydrogens (tertiary/aromatic N) is 2. The second kappa shape index (κ2) is 16.2. The summed E-state index contributed by atoms with van der Waals surface area (Å²) in [6, 6.07) is 10.3. The van der Waals surface area contributed by atoms with Crippen molar-refractivity contribution in [1.82, 2.24) is 15.5 Å². The molecule has 150 valence electrons. The molecule has 26 heavy (non-hydrogen) atoms. The minimum atomic E-state index is 0. The molecular formula is C20H37IN4O. The van der Waals surface area contributed by atoms with Gasteiger partial charge < -0.3 is 20.3 Å². The Bertz CT molecular complexity index is 466. The van der Waals surface area contributed by atoms with Gasteiger partial charge >= 0.3 is 0 Å². The number of nitrogens with one attached hydrogen (secondary N) is 2. The molecule has 0 heterocycles. The zero-order valence-electron chi connectivity index (χ0n) is 16.8. The van der Waals surface area contributed by atoms with Gasteiger partial charge in [-0.2, -0.15) is 0 Å². The van der Waals surface area contributed by atoms with Crippen LogP contribution in [0.25, 0.3) is 0 Å². The monoisotopic (exact) mass is 476 g/mol. The minimum Gasteiger partial charge on any atom is -0.494 e. The van der Waals surface area contributed by atoms with Gasteiger partial charge in [-0.05, 0) is 58.0 Å². The third kappa shape index (κ3) is 11.6. The van der Waals surface area contributed by atoms with E-state index in [9.17, 15) is 0 Å². The summed E-state index contributed by atoms with van der Waals surface area (Å²) in [6.45, 7) is 11.6. The van der Waals surface area contributed by atoms with Crippen molar-refractivity contribution in [2.24, 2.45) is 4.99 Å². The molecule has 0 radical (unpaired) electrons. The fourth-order valence-corrected chi connectivity index (χ4v) is 2.65. The van der Waals surface area contributed by atoms with E-state index in [1.54, 1.807) is 0 Å². The first-order valence-electron chi connectivity index (χ1n) is 9.57. The fourth-order valence-electron chi connectivity index (χ4n) is 2.65. The molecule has 6 heteroatoms. The van der Waals surface area contributed by atoms with Crippen LogP contribution in [0.2, 0.25) is 0 Å². The Balaban J connectivity index is 0.00000625. The molecular weight excluding hydrogens is 439 g/mol. The molecule has 1 unspecified atom stereocenters. The normalized spacial score (nSPS) is 12.4. The van der Waals surface area contributed by atoms with Gasteiger partial charge in [0.25, 0.3) is 0 Å². The zero-order valence-corrected chi connectivity index (χ0v) is 19.2. The highest BCUT2D eigenvalue weighted by molar-refractivity contribution is 14.0. The van der Waals surface area contributed by atoms with E-state index in [4.69, 9.17) is 4.74 Å². The number of hydrogen-bond donors (Lipinski definition) is 2. The van der Waals surface area contributed by atoms with E-state index in [0.29, 0.717) is 12.6 Å². The molecule has 5 nitrogen and oxygen atoms in total. The largest absolute Gasteiger partial charge is 0.494 e. The van der Waals surface area contributed by atoms with Gasteiger partial charge in [-0.3, -0.25) is 4.99 Å². The van der Waals surface area contributed by atoms with E-state index in [1.807, 2.05) is 37.4 Å². The van der Waals surface area contributed by atoms with Crippen LogP contribution in [-0.2, 0) is 0 Å². The summed E-state index contributed by atoms with van der Waals surface area (Å²) in [5.41, 5.74) is 0. The van der Waals surface area contributed by atoms with Crippen molar-refractivity contribution < 1.29 is 4.74 Å². The van der Waals surface area contributed by atoms with Crippen molar-refractivity contribution in [2.45, 2.75) is 46.1 Å². The lowest BCUT2D eigenvalue weighted by atomic mass is 10.2. The molecule has 1 rings (SSSR count). The smallest absolute Gasteiger partial charge is 0.191 e. The van der Waals surface area contributed by atoms with E-state index in [2.05, 4.69) is 41.3 Å². The predicted molar refractivity (Wildman–Crippen MR) is 123 cm³/mol. The number of rotatable bonds is 12. The van der Waals surface area contributed by atoms with Gasteiger partial charge in [-0.15, -0.1) is 24.0 Å². The van der Waals surface area contributed by atoms with Crippen LogP contribution in [0.15, 0.2) is 35.3 Å². The first-order chi connectivity index (χ1) is 12.2. The van der Waals surface area contributed by atoms with E-state index >= 15 is 0 Å². The van der Waals surface area contributed by atoms with Crippen molar-refractivity contribution >= 4 is 29.9 Å². The van der Waals surface area contributed by atoms with E-state index in [1.165, 1.54) is 13.0 Å². The predicted octanol–water partition coefficient (Wildman–Crippen LogP) is 3.75. The van der Waals surface area contributed by atoms with Gasteiger partial charge in [0.05, 0.1) is 6.61 Å². The maximum Gasteiger partial charge on any atom is 0.191 e.